The molecule has 4 aliphatic rings. The summed E-state index contributed by atoms with van der Waals surface area (Å²) in [6.07, 6.45) is 13.8. The lowest BCUT2D eigenvalue weighted by Gasteiger charge is -2.59. The summed E-state index contributed by atoms with van der Waals surface area (Å²) in [5.74, 6) is 3.44. The minimum absolute atomic E-state index is 0.147. The number of carbonyl (C=O) groups is 1. The van der Waals surface area contributed by atoms with Gasteiger partial charge >= 0.3 is 0 Å². The molecule has 150 valence electrons. The van der Waals surface area contributed by atoms with Gasteiger partial charge in [-0.05, 0) is 97.3 Å². The predicted octanol–water partition coefficient (Wildman–Crippen LogP) is 7.34. The summed E-state index contributed by atoms with van der Waals surface area (Å²) in [5.41, 5.74) is 2.40. The molecule has 0 radical (unpaired) electrons. The van der Waals surface area contributed by atoms with Crippen molar-refractivity contribution in [1.29, 1.82) is 0 Å². The number of rotatable bonds is 1. The summed E-state index contributed by atoms with van der Waals surface area (Å²) < 4.78 is 0. The van der Waals surface area contributed by atoms with E-state index in [1.54, 1.807) is 0 Å². The molecule has 2 heteroatoms. The van der Waals surface area contributed by atoms with Crippen LogP contribution in [0.15, 0.2) is 29.8 Å². The van der Waals surface area contributed by atoms with Gasteiger partial charge in [-0.3, -0.25) is 4.79 Å². The maximum absolute atomic E-state index is 13.5. The second kappa shape index (κ2) is 6.73. The average Bonchev–Trinajstić information content (AvgIpc) is 2.94. The van der Waals surface area contributed by atoms with Crippen molar-refractivity contribution in [2.75, 3.05) is 0 Å². The quantitative estimate of drug-likeness (QED) is 0.454. The van der Waals surface area contributed by atoms with Crippen molar-refractivity contribution in [1.82, 2.24) is 0 Å². The topological polar surface area (TPSA) is 17.1 Å². The highest BCUT2D eigenvalue weighted by Crippen LogP contribution is 2.66. The van der Waals surface area contributed by atoms with E-state index >= 15 is 0 Å². The highest BCUT2D eigenvalue weighted by molar-refractivity contribution is 6.32. The Hall–Kier alpha value is -1.08. The molecule has 4 aliphatic carbocycles. The zero-order valence-electron chi connectivity index (χ0n) is 17.3. The lowest BCUT2D eigenvalue weighted by atomic mass is 9.45. The molecule has 0 amide bonds. The molecule has 5 rings (SSSR count). The minimum Gasteiger partial charge on any atom is -0.294 e. The van der Waals surface area contributed by atoms with Gasteiger partial charge < -0.3 is 0 Å². The van der Waals surface area contributed by atoms with Crippen molar-refractivity contribution in [3.8, 4) is 0 Å². The average molecular weight is 397 g/mol. The second-order valence-electron chi connectivity index (χ2n) is 10.6. The van der Waals surface area contributed by atoms with Crippen LogP contribution in [-0.2, 0) is 4.79 Å². The highest BCUT2D eigenvalue weighted by atomic mass is 35.5. The molecule has 4 saturated carbocycles. The number of benzene rings is 1. The Morgan fingerprint density at radius 1 is 1.00 bits per heavy atom. The second-order valence-corrected chi connectivity index (χ2v) is 11.0. The van der Waals surface area contributed by atoms with E-state index in [9.17, 15) is 4.79 Å². The van der Waals surface area contributed by atoms with Crippen LogP contribution in [-0.4, -0.2) is 5.78 Å². The summed E-state index contributed by atoms with van der Waals surface area (Å²) >= 11 is 6.39. The fourth-order valence-electron chi connectivity index (χ4n) is 7.87. The molecule has 0 aromatic heterocycles. The van der Waals surface area contributed by atoms with Crippen molar-refractivity contribution in [2.45, 2.75) is 71.6 Å². The summed E-state index contributed by atoms with van der Waals surface area (Å²) in [7, 11) is 0. The predicted molar refractivity (Wildman–Crippen MR) is 116 cm³/mol. The summed E-state index contributed by atoms with van der Waals surface area (Å²) in [6, 6.07) is 7.91. The SMILES string of the molecule is CC12CCC3C(CC[C@H]4CCCCC34C)C1C/C(=C\c1ccccc1Cl)C2=O. The van der Waals surface area contributed by atoms with E-state index in [0.717, 1.165) is 46.8 Å². The van der Waals surface area contributed by atoms with Crippen molar-refractivity contribution in [3.05, 3.63) is 40.4 Å². The first kappa shape index (κ1) is 18.9. The van der Waals surface area contributed by atoms with E-state index < -0.39 is 0 Å². The van der Waals surface area contributed by atoms with Gasteiger partial charge in [0.25, 0.3) is 0 Å². The van der Waals surface area contributed by atoms with Crippen molar-refractivity contribution in [3.63, 3.8) is 0 Å². The molecule has 5 unspecified atom stereocenters. The molecule has 1 aromatic carbocycles. The molecule has 28 heavy (non-hydrogen) atoms. The van der Waals surface area contributed by atoms with Gasteiger partial charge in [-0.1, -0.05) is 56.5 Å². The van der Waals surface area contributed by atoms with Crippen molar-refractivity contribution in [2.24, 2.45) is 34.5 Å². The number of halogens is 1. The van der Waals surface area contributed by atoms with Crippen LogP contribution in [0, 0.1) is 34.5 Å². The van der Waals surface area contributed by atoms with Crippen LogP contribution in [0.3, 0.4) is 0 Å². The standard InChI is InChI=1S/C26H33ClO/c1-25-13-6-5-8-19(25)10-11-20-21(25)12-14-26(2)22(20)16-18(24(26)28)15-17-7-3-4-9-23(17)27/h3-4,7,9,15,19-22H,5-6,8,10-14,16H2,1-2H3/b18-15+/t19-,20?,21?,22?,25?,26?/m1/s1. The van der Waals surface area contributed by atoms with E-state index in [-0.39, 0.29) is 5.41 Å². The van der Waals surface area contributed by atoms with Gasteiger partial charge in [-0.15, -0.1) is 0 Å². The highest BCUT2D eigenvalue weighted by Gasteiger charge is 2.60. The van der Waals surface area contributed by atoms with Crippen LogP contribution in [0.25, 0.3) is 6.08 Å². The molecule has 0 aliphatic heterocycles. The summed E-state index contributed by atoms with van der Waals surface area (Å²) in [6.45, 7) is 4.88. The van der Waals surface area contributed by atoms with Gasteiger partial charge in [-0.25, -0.2) is 0 Å². The fourth-order valence-corrected chi connectivity index (χ4v) is 8.06. The molecule has 4 fully saturated rings. The van der Waals surface area contributed by atoms with Crippen LogP contribution in [0.5, 0.6) is 0 Å². The first-order chi connectivity index (χ1) is 13.4. The van der Waals surface area contributed by atoms with E-state index in [1.165, 1.54) is 44.9 Å². The third-order valence-corrected chi connectivity index (χ3v) is 9.80. The van der Waals surface area contributed by atoms with E-state index in [1.807, 2.05) is 24.3 Å². The molecular formula is C26H33ClO. The van der Waals surface area contributed by atoms with Crippen LogP contribution in [0.1, 0.15) is 77.2 Å². The molecule has 1 nitrogen and oxygen atoms in total. The first-order valence-electron chi connectivity index (χ1n) is 11.4. The van der Waals surface area contributed by atoms with Crippen LogP contribution in [0.4, 0.5) is 0 Å². The molecule has 6 atom stereocenters. The third-order valence-electron chi connectivity index (χ3n) is 9.46. The smallest absolute Gasteiger partial charge is 0.165 e. The van der Waals surface area contributed by atoms with Gasteiger partial charge in [-0.2, -0.15) is 0 Å². The lowest BCUT2D eigenvalue weighted by molar-refractivity contribution is -0.137. The molecule has 0 N–H and O–H groups in total. The van der Waals surface area contributed by atoms with Crippen LogP contribution < -0.4 is 0 Å². The Labute approximate surface area is 174 Å². The zero-order valence-corrected chi connectivity index (χ0v) is 18.1. The molecule has 0 heterocycles. The van der Waals surface area contributed by atoms with Gasteiger partial charge in [0.05, 0.1) is 0 Å². The Kier molecular flexibility index (Phi) is 4.54. The maximum Gasteiger partial charge on any atom is 0.165 e. The number of carbonyl (C=O) groups excluding carboxylic acids is 1. The maximum atomic E-state index is 13.5. The molecule has 0 bridgehead atoms. The largest absolute Gasteiger partial charge is 0.294 e. The third kappa shape index (κ3) is 2.68. The fraction of sp³-hybridized carbons (Fsp3) is 0.654. The van der Waals surface area contributed by atoms with E-state index in [4.69, 9.17) is 11.6 Å². The zero-order chi connectivity index (χ0) is 19.5. The number of Topliss-reactive ketones (excluding diaryl/α,β-unsaturated/α-hetero) is 1. The summed E-state index contributed by atoms with van der Waals surface area (Å²) in [5, 5.41) is 0.746. The van der Waals surface area contributed by atoms with Gasteiger partial charge in [0.2, 0.25) is 0 Å². The molecule has 0 saturated heterocycles. The van der Waals surface area contributed by atoms with E-state index in [2.05, 4.69) is 19.9 Å². The van der Waals surface area contributed by atoms with Gasteiger partial charge in [0.1, 0.15) is 0 Å². The monoisotopic (exact) mass is 396 g/mol. The molecular weight excluding hydrogens is 364 g/mol. The summed E-state index contributed by atoms with van der Waals surface area (Å²) in [4.78, 5) is 13.5. The van der Waals surface area contributed by atoms with Crippen molar-refractivity contribution < 1.29 is 4.79 Å². The van der Waals surface area contributed by atoms with Crippen LogP contribution in [0.2, 0.25) is 5.02 Å². The number of ketones is 1. The number of hydrogen-bond acceptors (Lipinski definition) is 1. The lowest BCUT2D eigenvalue weighted by Crippen LogP contribution is -2.52. The molecule has 1 aromatic rings. The Morgan fingerprint density at radius 2 is 1.82 bits per heavy atom. The Morgan fingerprint density at radius 3 is 2.64 bits per heavy atom. The van der Waals surface area contributed by atoms with Gasteiger partial charge in [0.15, 0.2) is 5.78 Å². The number of fused-ring (bicyclic) bond motifs is 5. The number of allylic oxidation sites excluding steroid dienone is 1. The van der Waals surface area contributed by atoms with Crippen LogP contribution >= 0.6 is 11.6 Å². The first-order valence-corrected chi connectivity index (χ1v) is 11.8. The minimum atomic E-state index is -0.147. The Bertz CT molecular complexity index is 825. The van der Waals surface area contributed by atoms with Gasteiger partial charge in [0, 0.05) is 10.4 Å². The normalized spacial score (nSPS) is 44.1. The number of hydrogen-bond donors (Lipinski definition) is 0. The Balaban J connectivity index is 1.48. The van der Waals surface area contributed by atoms with E-state index in [0.29, 0.717) is 17.1 Å². The van der Waals surface area contributed by atoms with Crippen molar-refractivity contribution >= 4 is 23.5 Å². The molecule has 0 spiro atoms.